The first-order chi connectivity index (χ1) is 12.2. The smallest absolute Gasteiger partial charge is 0.122 e. The van der Waals surface area contributed by atoms with Crippen LogP contribution in [0.4, 0.5) is 0 Å². The molecule has 0 radical (unpaired) electrons. The number of phenolic OH excluding ortho intramolecular Hbond substituents is 1. The number of thiocarbonyl (C=S) groups is 1. The standard InChI is InChI=1S/C21H18N2OS/c24-18-14-8-7-13-17(18)19-22-20(25)21(23-19,15-9-3-1-4-10-15)16-11-5-2-6-12-16/h1-14,19,23-24H,(H,22,25). The third kappa shape index (κ3) is 2.60. The van der Waals surface area contributed by atoms with E-state index in [9.17, 15) is 5.11 Å². The maximum absolute atomic E-state index is 10.2. The summed E-state index contributed by atoms with van der Waals surface area (Å²) >= 11 is 5.78. The lowest BCUT2D eigenvalue weighted by Gasteiger charge is -2.30. The van der Waals surface area contributed by atoms with Crippen LogP contribution >= 0.6 is 12.2 Å². The van der Waals surface area contributed by atoms with Gasteiger partial charge in [0.1, 0.15) is 22.4 Å². The van der Waals surface area contributed by atoms with Crippen molar-refractivity contribution in [1.82, 2.24) is 10.6 Å². The van der Waals surface area contributed by atoms with Crippen LogP contribution in [0.25, 0.3) is 0 Å². The van der Waals surface area contributed by atoms with Crippen molar-refractivity contribution >= 4 is 17.2 Å². The summed E-state index contributed by atoms with van der Waals surface area (Å²) in [5, 5.41) is 17.2. The molecule has 1 unspecified atom stereocenters. The third-order valence-corrected chi connectivity index (χ3v) is 5.06. The lowest BCUT2D eigenvalue weighted by molar-refractivity contribution is 0.433. The van der Waals surface area contributed by atoms with E-state index in [4.69, 9.17) is 12.2 Å². The lowest BCUT2D eigenvalue weighted by atomic mass is 9.83. The number of hydrogen-bond acceptors (Lipinski definition) is 3. The van der Waals surface area contributed by atoms with Crippen molar-refractivity contribution in [2.45, 2.75) is 11.7 Å². The number of para-hydroxylation sites is 1. The van der Waals surface area contributed by atoms with E-state index in [0.717, 1.165) is 16.7 Å². The van der Waals surface area contributed by atoms with Gasteiger partial charge in [-0.25, -0.2) is 0 Å². The van der Waals surface area contributed by atoms with E-state index in [2.05, 4.69) is 34.9 Å². The van der Waals surface area contributed by atoms with E-state index in [1.54, 1.807) is 6.07 Å². The quantitative estimate of drug-likeness (QED) is 0.630. The Morgan fingerprint density at radius 3 is 1.84 bits per heavy atom. The van der Waals surface area contributed by atoms with E-state index in [-0.39, 0.29) is 11.9 Å². The van der Waals surface area contributed by atoms with Crippen LogP contribution in [0.3, 0.4) is 0 Å². The largest absolute Gasteiger partial charge is 0.508 e. The Balaban J connectivity index is 1.85. The van der Waals surface area contributed by atoms with Crippen molar-refractivity contribution in [2.24, 2.45) is 0 Å². The minimum absolute atomic E-state index is 0.243. The molecule has 1 atom stereocenters. The molecule has 0 spiro atoms. The Hall–Kier alpha value is -2.69. The minimum Gasteiger partial charge on any atom is -0.508 e. The van der Waals surface area contributed by atoms with Gasteiger partial charge in [0.25, 0.3) is 0 Å². The molecule has 1 aliphatic heterocycles. The summed E-state index contributed by atoms with van der Waals surface area (Å²) in [5.41, 5.74) is 2.27. The zero-order valence-corrected chi connectivity index (χ0v) is 14.3. The molecule has 4 heteroatoms. The number of rotatable bonds is 3. The van der Waals surface area contributed by atoms with Gasteiger partial charge in [-0.05, 0) is 17.2 Å². The molecule has 0 amide bonds. The predicted octanol–water partition coefficient (Wildman–Crippen LogP) is 3.85. The molecule has 1 heterocycles. The zero-order valence-electron chi connectivity index (χ0n) is 13.5. The van der Waals surface area contributed by atoms with Crippen LogP contribution in [0, 0.1) is 0 Å². The van der Waals surface area contributed by atoms with Crippen LogP contribution in [-0.4, -0.2) is 10.1 Å². The monoisotopic (exact) mass is 346 g/mol. The highest BCUT2D eigenvalue weighted by atomic mass is 32.1. The van der Waals surface area contributed by atoms with E-state index in [0.29, 0.717) is 4.99 Å². The van der Waals surface area contributed by atoms with Crippen LogP contribution in [0.15, 0.2) is 84.9 Å². The van der Waals surface area contributed by atoms with Crippen LogP contribution in [0.2, 0.25) is 0 Å². The molecule has 3 N–H and O–H groups in total. The maximum atomic E-state index is 10.2. The molecule has 3 aromatic carbocycles. The first-order valence-electron chi connectivity index (χ1n) is 8.19. The van der Waals surface area contributed by atoms with Gasteiger partial charge >= 0.3 is 0 Å². The second-order valence-electron chi connectivity index (χ2n) is 6.09. The fourth-order valence-electron chi connectivity index (χ4n) is 3.42. The van der Waals surface area contributed by atoms with Crippen molar-refractivity contribution in [3.63, 3.8) is 0 Å². The van der Waals surface area contributed by atoms with Crippen LogP contribution in [0.1, 0.15) is 22.9 Å². The molecule has 1 aliphatic rings. The summed E-state index contributed by atoms with van der Waals surface area (Å²) in [6, 6.07) is 27.6. The van der Waals surface area contributed by atoms with Crippen LogP contribution in [-0.2, 0) is 5.54 Å². The van der Waals surface area contributed by atoms with Gasteiger partial charge in [0, 0.05) is 5.56 Å². The zero-order chi connectivity index (χ0) is 17.3. The van der Waals surface area contributed by atoms with Gasteiger partial charge in [0.15, 0.2) is 0 Å². The molecule has 0 aromatic heterocycles. The predicted molar refractivity (Wildman–Crippen MR) is 103 cm³/mol. The van der Waals surface area contributed by atoms with Crippen LogP contribution < -0.4 is 10.6 Å². The fourth-order valence-corrected chi connectivity index (χ4v) is 3.83. The van der Waals surface area contributed by atoms with Gasteiger partial charge in [-0.2, -0.15) is 0 Å². The Morgan fingerprint density at radius 2 is 1.28 bits per heavy atom. The molecular weight excluding hydrogens is 328 g/mol. The molecular formula is C21H18N2OS. The second-order valence-corrected chi connectivity index (χ2v) is 6.50. The Bertz CT molecular complexity index is 857. The van der Waals surface area contributed by atoms with Gasteiger partial charge in [-0.3, -0.25) is 5.32 Å². The van der Waals surface area contributed by atoms with E-state index in [1.807, 2.05) is 54.6 Å². The Morgan fingerprint density at radius 1 is 0.760 bits per heavy atom. The second kappa shape index (κ2) is 6.31. The molecule has 3 nitrogen and oxygen atoms in total. The van der Waals surface area contributed by atoms with E-state index < -0.39 is 5.54 Å². The van der Waals surface area contributed by atoms with E-state index >= 15 is 0 Å². The van der Waals surface area contributed by atoms with Gasteiger partial charge in [-0.15, -0.1) is 0 Å². The molecule has 1 saturated heterocycles. The molecule has 0 bridgehead atoms. The number of benzene rings is 3. The SMILES string of the molecule is Oc1ccccc1C1NC(=S)C(c2ccccc2)(c2ccccc2)N1. The molecule has 3 aromatic rings. The molecule has 1 fully saturated rings. The number of aromatic hydroxyl groups is 1. The highest BCUT2D eigenvalue weighted by Gasteiger charge is 2.46. The first kappa shape index (κ1) is 15.8. The summed E-state index contributed by atoms with van der Waals surface area (Å²) in [4.78, 5) is 0.693. The van der Waals surface area contributed by atoms with Gasteiger partial charge in [0.05, 0.1) is 0 Å². The Labute approximate surface area is 152 Å². The normalized spacial score (nSPS) is 18.7. The topological polar surface area (TPSA) is 44.3 Å². The molecule has 0 saturated carbocycles. The van der Waals surface area contributed by atoms with Gasteiger partial charge < -0.3 is 10.4 Å². The van der Waals surface area contributed by atoms with Gasteiger partial charge in [-0.1, -0.05) is 91.1 Å². The summed E-state index contributed by atoms with van der Waals surface area (Å²) < 4.78 is 0. The number of nitrogens with one attached hydrogen (secondary N) is 2. The van der Waals surface area contributed by atoms with Gasteiger partial charge in [0.2, 0.25) is 0 Å². The van der Waals surface area contributed by atoms with Crippen molar-refractivity contribution in [3.05, 3.63) is 102 Å². The molecule has 25 heavy (non-hydrogen) atoms. The fraction of sp³-hybridized carbons (Fsp3) is 0.0952. The maximum Gasteiger partial charge on any atom is 0.122 e. The lowest BCUT2D eigenvalue weighted by Crippen LogP contribution is -2.43. The van der Waals surface area contributed by atoms with Crippen molar-refractivity contribution in [3.8, 4) is 5.75 Å². The minimum atomic E-state index is -0.634. The van der Waals surface area contributed by atoms with Crippen molar-refractivity contribution < 1.29 is 5.11 Å². The summed E-state index contributed by atoms with van der Waals surface area (Å²) in [7, 11) is 0. The van der Waals surface area contributed by atoms with Crippen LogP contribution in [0.5, 0.6) is 5.75 Å². The highest BCUT2D eigenvalue weighted by Crippen LogP contribution is 2.39. The number of hydrogen-bond donors (Lipinski definition) is 3. The average Bonchev–Trinajstić information content (AvgIpc) is 3.02. The van der Waals surface area contributed by atoms with Crippen molar-refractivity contribution in [1.29, 1.82) is 0 Å². The molecule has 4 rings (SSSR count). The summed E-state index contributed by atoms with van der Waals surface area (Å²) in [6.07, 6.45) is -0.269. The van der Waals surface area contributed by atoms with E-state index in [1.165, 1.54) is 0 Å². The summed E-state index contributed by atoms with van der Waals surface area (Å²) in [5.74, 6) is 0.243. The summed E-state index contributed by atoms with van der Waals surface area (Å²) in [6.45, 7) is 0. The molecule has 124 valence electrons. The average molecular weight is 346 g/mol. The molecule has 0 aliphatic carbocycles. The number of phenols is 1. The highest BCUT2D eigenvalue weighted by molar-refractivity contribution is 7.80. The third-order valence-electron chi connectivity index (χ3n) is 4.64. The van der Waals surface area contributed by atoms with Crippen molar-refractivity contribution in [2.75, 3.05) is 0 Å². The first-order valence-corrected chi connectivity index (χ1v) is 8.60. The Kier molecular flexibility index (Phi) is 3.99.